The molecule has 1 aliphatic heterocycles. The van der Waals surface area contributed by atoms with Crippen LogP contribution in [0.15, 0.2) is 24.3 Å². The second-order valence-corrected chi connectivity index (χ2v) is 11.3. The van der Waals surface area contributed by atoms with Crippen LogP contribution in [0.3, 0.4) is 0 Å². The average Bonchev–Trinajstić information content (AvgIpc) is 3.13. The first kappa shape index (κ1) is 26.4. The average molecular weight is 498 g/mol. The van der Waals surface area contributed by atoms with E-state index in [1.54, 1.807) is 38.3 Å². The van der Waals surface area contributed by atoms with Gasteiger partial charge in [0.1, 0.15) is 11.5 Å². The molecule has 0 aromatic heterocycles. The predicted octanol–water partition coefficient (Wildman–Crippen LogP) is 2.34. The first-order chi connectivity index (χ1) is 16.0. The van der Waals surface area contributed by atoms with Gasteiger partial charge in [-0.3, -0.25) is 9.69 Å². The lowest BCUT2D eigenvalue weighted by Gasteiger charge is -2.36. The molecule has 1 saturated heterocycles. The quantitative estimate of drug-likeness (QED) is 0.557. The van der Waals surface area contributed by atoms with E-state index in [0.717, 1.165) is 9.87 Å². The Morgan fingerprint density at radius 3 is 2.32 bits per heavy atom. The van der Waals surface area contributed by atoms with Gasteiger partial charge in [-0.2, -0.15) is 17.0 Å². The van der Waals surface area contributed by atoms with Crippen LogP contribution < -0.4 is 4.74 Å². The van der Waals surface area contributed by atoms with E-state index in [1.165, 1.54) is 23.3 Å². The van der Waals surface area contributed by atoms with Crippen LogP contribution in [0.2, 0.25) is 0 Å². The van der Waals surface area contributed by atoms with Gasteiger partial charge in [0.15, 0.2) is 0 Å². The highest BCUT2D eigenvalue weighted by atomic mass is 32.2. The molecule has 0 spiro atoms. The van der Waals surface area contributed by atoms with E-state index in [-0.39, 0.29) is 31.1 Å². The van der Waals surface area contributed by atoms with Crippen molar-refractivity contribution < 1.29 is 32.6 Å². The number of rotatable bonds is 9. The number of carboxylic acid groups (broad SMARTS) is 1. The minimum Gasteiger partial charge on any atom is -0.497 e. The highest BCUT2D eigenvalue weighted by molar-refractivity contribution is 7.86. The number of likely N-dealkylation sites (tertiary alicyclic amines) is 1. The Hall–Kier alpha value is -2.21. The second-order valence-electron chi connectivity index (χ2n) is 9.16. The van der Waals surface area contributed by atoms with E-state index in [4.69, 9.17) is 9.47 Å². The van der Waals surface area contributed by atoms with Crippen molar-refractivity contribution in [2.45, 2.75) is 69.8 Å². The summed E-state index contributed by atoms with van der Waals surface area (Å²) in [6.45, 7) is 1.94. The smallest absolute Gasteiger partial charge is 0.407 e. The van der Waals surface area contributed by atoms with Gasteiger partial charge in [0.25, 0.3) is 10.2 Å². The summed E-state index contributed by atoms with van der Waals surface area (Å²) in [5.74, 6) is 0.872. The first-order valence-corrected chi connectivity index (χ1v) is 12.9. The molecule has 10 nitrogen and oxygen atoms in total. The molecule has 1 saturated carbocycles. The summed E-state index contributed by atoms with van der Waals surface area (Å²) in [5.41, 5.74) is 0.762. The third-order valence-corrected chi connectivity index (χ3v) is 8.61. The fourth-order valence-electron chi connectivity index (χ4n) is 4.77. The number of amides is 1. The van der Waals surface area contributed by atoms with Gasteiger partial charge >= 0.3 is 6.09 Å². The van der Waals surface area contributed by atoms with Crippen LogP contribution in [0.5, 0.6) is 5.75 Å². The maximum absolute atomic E-state index is 13.4. The van der Waals surface area contributed by atoms with Gasteiger partial charge in [0, 0.05) is 39.5 Å². The summed E-state index contributed by atoms with van der Waals surface area (Å²) in [4.78, 5) is 25.0. The van der Waals surface area contributed by atoms with Crippen molar-refractivity contribution >= 4 is 22.1 Å². The summed E-state index contributed by atoms with van der Waals surface area (Å²) >= 11 is 0. The van der Waals surface area contributed by atoms with E-state index >= 15 is 0 Å². The Morgan fingerprint density at radius 1 is 1.18 bits per heavy atom. The van der Waals surface area contributed by atoms with E-state index in [2.05, 4.69) is 0 Å². The summed E-state index contributed by atoms with van der Waals surface area (Å²) in [5, 5.41) is 9.92. The SMILES string of the molecule is COc1ccc(CN([C@H]2C[C@@H](C)N(C(=O)O)[C@H]2COC2CCC(=O)CC2)S(=O)(=O)N(C)C)cc1. The van der Waals surface area contributed by atoms with Crippen LogP contribution >= 0.6 is 0 Å². The zero-order valence-electron chi connectivity index (χ0n) is 20.2. The molecule has 0 unspecified atom stereocenters. The maximum Gasteiger partial charge on any atom is 0.407 e. The van der Waals surface area contributed by atoms with Crippen molar-refractivity contribution in [2.75, 3.05) is 27.8 Å². The van der Waals surface area contributed by atoms with Crippen LogP contribution in [-0.2, 0) is 26.3 Å². The second kappa shape index (κ2) is 11.0. The molecule has 1 heterocycles. The van der Waals surface area contributed by atoms with Crippen molar-refractivity contribution in [3.05, 3.63) is 29.8 Å². The molecular formula is C23H35N3O7S. The van der Waals surface area contributed by atoms with Crippen molar-refractivity contribution in [3.8, 4) is 5.75 Å². The Kier molecular flexibility index (Phi) is 8.56. The van der Waals surface area contributed by atoms with Crippen LogP contribution in [0.25, 0.3) is 0 Å². The van der Waals surface area contributed by atoms with Gasteiger partial charge in [-0.25, -0.2) is 4.79 Å². The molecule has 190 valence electrons. The normalized spacial score (nSPS) is 24.2. The molecule has 3 atom stereocenters. The van der Waals surface area contributed by atoms with Crippen molar-refractivity contribution in [2.24, 2.45) is 0 Å². The number of hydrogen-bond donors (Lipinski definition) is 1. The Balaban J connectivity index is 1.89. The molecule has 2 fully saturated rings. The van der Waals surface area contributed by atoms with E-state index in [1.807, 2.05) is 0 Å². The lowest BCUT2D eigenvalue weighted by Crippen LogP contribution is -2.53. The van der Waals surface area contributed by atoms with Crippen molar-refractivity contribution in [1.82, 2.24) is 13.5 Å². The topological polar surface area (TPSA) is 117 Å². The number of ether oxygens (including phenoxy) is 2. The molecule has 1 aliphatic carbocycles. The number of nitrogens with zero attached hydrogens (tertiary/aromatic N) is 3. The first-order valence-electron chi connectivity index (χ1n) is 11.5. The number of hydrogen-bond acceptors (Lipinski definition) is 6. The van der Waals surface area contributed by atoms with Crippen molar-refractivity contribution in [1.29, 1.82) is 0 Å². The minimum atomic E-state index is -3.88. The molecule has 3 rings (SSSR count). The van der Waals surface area contributed by atoms with Crippen LogP contribution in [0, 0.1) is 0 Å². The maximum atomic E-state index is 13.4. The van der Waals surface area contributed by atoms with Gasteiger partial charge in [0.2, 0.25) is 0 Å². The van der Waals surface area contributed by atoms with E-state index in [9.17, 15) is 23.1 Å². The largest absolute Gasteiger partial charge is 0.497 e. The molecule has 0 radical (unpaired) electrons. The fraction of sp³-hybridized carbons (Fsp3) is 0.652. The molecule has 1 amide bonds. The predicted molar refractivity (Wildman–Crippen MR) is 126 cm³/mol. The number of ketones is 1. The van der Waals surface area contributed by atoms with E-state index < -0.39 is 28.4 Å². The lowest BCUT2D eigenvalue weighted by molar-refractivity contribution is -0.123. The van der Waals surface area contributed by atoms with Crippen LogP contribution in [0.1, 0.15) is 44.6 Å². The number of Topliss-reactive ketones (excluding diaryl/α,β-unsaturated/α-hetero) is 1. The summed E-state index contributed by atoms with van der Waals surface area (Å²) < 4.78 is 40.6. The standard InChI is InChI=1S/C23H35N3O7S/c1-16-13-21(22(26(16)23(28)29)15-33-20-11-7-18(27)8-12-20)25(34(30,31)24(2)3)14-17-5-9-19(32-4)10-6-17/h5-6,9-10,16,20-22H,7-8,11-15H2,1-4H3,(H,28,29)/t16-,21+,22+/m1/s1. The van der Waals surface area contributed by atoms with E-state index in [0.29, 0.717) is 37.9 Å². The monoisotopic (exact) mass is 497 g/mol. The zero-order valence-corrected chi connectivity index (χ0v) is 21.0. The zero-order chi connectivity index (χ0) is 25.0. The van der Waals surface area contributed by atoms with Gasteiger partial charge in [-0.1, -0.05) is 12.1 Å². The van der Waals surface area contributed by atoms with Crippen LogP contribution in [-0.4, -0.2) is 91.0 Å². The highest BCUT2D eigenvalue weighted by Gasteiger charge is 2.48. The van der Waals surface area contributed by atoms with Gasteiger partial charge < -0.3 is 14.6 Å². The number of methoxy groups -OCH3 is 1. The van der Waals surface area contributed by atoms with Crippen molar-refractivity contribution in [3.63, 3.8) is 0 Å². The van der Waals surface area contributed by atoms with Crippen LogP contribution in [0.4, 0.5) is 4.79 Å². The van der Waals surface area contributed by atoms with Gasteiger partial charge in [-0.05, 0) is 43.9 Å². The molecule has 11 heteroatoms. The number of carbonyl (C=O) groups is 2. The van der Waals surface area contributed by atoms with Gasteiger partial charge in [-0.15, -0.1) is 0 Å². The molecule has 1 N–H and O–H groups in total. The number of carbonyl (C=O) groups excluding carboxylic acids is 1. The fourth-order valence-corrected chi connectivity index (χ4v) is 6.07. The molecule has 34 heavy (non-hydrogen) atoms. The summed E-state index contributed by atoms with van der Waals surface area (Å²) in [6, 6.07) is 5.48. The minimum absolute atomic E-state index is 0.0717. The summed E-state index contributed by atoms with van der Waals surface area (Å²) in [7, 11) is 0.617. The molecular weight excluding hydrogens is 462 g/mol. The Bertz CT molecular complexity index is 957. The Morgan fingerprint density at radius 2 is 1.79 bits per heavy atom. The third kappa shape index (κ3) is 5.88. The highest BCUT2D eigenvalue weighted by Crippen LogP contribution is 2.33. The third-order valence-electron chi connectivity index (χ3n) is 6.70. The molecule has 1 aromatic carbocycles. The number of benzene rings is 1. The molecule has 0 bridgehead atoms. The lowest BCUT2D eigenvalue weighted by atomic mass is 9.96. The molecule has 2 aliphatic rings. The summed E-state index contributed by atoms with van der Waals surface area (Å²) in [6.07, 6.45) is 1.23. The molecule has 1 aromatic rings. The van der Waals surface area contributed by atoms with Gasteiger partial charge in [0.05, 0.1) is 31.9 Å². The Labute approximate surface area is 201 Å².